The van der Waals surface area contributed by atoms with Crippen LogP contribution < -0.4 is 14.8 Å². The molecule has 0 aliphatic carbocycles. The second-order valence-corrected chi connectivity index (χ2v) is 5.05. The van der Waals surface area contributed by atoms with Crippen LogP contribution in [0.3, 0.4) is 0 Å². The van der Waals surface area contributed by atoms with Gasteiger partial charge in [-0.1, -0.05) is 24.6 Å². The van der Waals surface area contributed by atoms with Crippen molar-refractivity contribution in [3.05, 3.63) is 23.8 Å². The minimum atomic E-state index is -1.82. The molecule has 0 saturated carbocycles. The number of nitrogens with one attached hydrogen (secondary N) is 1. The van der Waals surface area contributed by atoms with Crippen LogP contribution in [0.4, 0.5) is 0 Å². The van der Waals surface area contributed by atoms with E-state index in [9.17, 15) is 4.79 Å². The summed E-state index contributed by atoms with van der Waals surface area (Å²) in [6.07, 6.45) is 3.63. The Bertz CT molecular complexity index is 649. The van der Waals surface area contributed by atoms with Crippen molar-refractivity contribution in [2.24, 2.45) is 5.16 Å². The Morgan fingerprint density at radius 3 is 2.39 bits per heavy atom. The van der Waals surface area contributed by atoms with Gasteiger partial charge in [0, 0.05) is 6.21 Å². The van der Waals surface area contributed by atoms with Gasteiger partial charge >= 0.3 is 11.9 Å². The number of carbonyl (C=O) groups excluding carboxylic acids is 1. The Morgan fingerprint density at radius 1 is 1.18 bits per heavy atom. The van der Waals surface area contributed by atoms with E-state index in [4.69, 9.17) is 34.1 Å². The fourth-order valence-electron chi connectivity index (χ4n) is 1.74. The van der Waals surface area contributed by atoms with Crippen LogP contribution in [0.1, 0.15) is 37.0 Å². The second-order valence-electron chi connectivity index (χ2n) is 5.05. The number of benzene rings is 1. The lowest BCUT2D eigenvalue weighted by molar-refractivity contribution is -0.159. The van der Waals surface area contributed by atoms with Crippen LogP contribution in [-0.2, 0) is 14.4 Å². The SMILES string of the molecule is CCC/C=N\OCCNC(=O)c1cccc(OC)c1OCC.O=C(O)C(=O)O. The molecule has 0 aliphatic rings. The van der Waals surface area contributed by atoms with Gasteiger partial charge in [-0.25, -0.2) is 9.59 Å². The topological polar surface area (TPSA) is 144 Å². The number of carboxylic acids is 2. The molecule has 0 heterocycles. The number of ether oxygens (including phenoxy) is 2. The van der Waals surface area contributed by atoms with Crippen molar-refractivity contribution in [2.75, 3.05) is 26.9 Å². The van der Waals surface area contributed by atoms with E-state index in [1.54, 1.807) is 31.5 Å². The maximum Gasteiger partial charge on any atom is 0.414 e. The summed E-state index contributed by atoms with van der Waals surface area (Å²) in [5.41, 5.74) is 0.440. The molecule has 0 spiro atoms. The predicted molar refractivity (Wildman–Crippen MR) is 101 cm³/mol. The molecular formula is C18H26N2O8. The maximum atomic E-state index is 12.2. The summed E-state index contributed by atoms with van der Waals surface area (Å²) in [5, 5.41) is 21.3. The molecule has 1 aromatic carbocycles. The number of carbonyl (C=O) groups is 3. The number of aliphatic carboxylic acids is 2. The van der Waals surface area contributed by atoms with Crippen molar-refractivity contribution < 1.29 is 38.9 Å². The minimum Gasteiger partial charge on any atom is -0.493 e. The largest absolute Gasteiger partial charge is 0.493 e. The Balaban J connectivity index is 0.00000105. The molecule has 0 saturated heterocycles. The number of para-hydroxylation sites is 1. The fraction of sp³-hybridized carbons (Fsp3) is 0.444. The summed E-state index contributed by atoms with van der Waals surface area (Å²) in [6.45, 7) is 5.06. The minimum absolute atomic E-state index is 0.233. The van der Waals surface area contributed by atoms with Gasteiger partial charge in [0.15, 0.2) is 11.5 Å². The molecule has 1 aromatic rings. The first kappa shape index (κ1) is 24.7. The van der Waals surface area contributed by atoms with Gasteiger partial charge in [-0.3, -0.25) is 4.79 Å². The number of carboxylic acid groups (broad SMARTS) is 2. The van der Waals surface area contributed by atoms with Crippen LogP contribution in [0.25, 0.3) is 0 Å². The van der Waals surface area contributed by atoms with Gasteiger partial charge in [-0.2, -0.15) is 0 Å². The second kappa shape index (κ2) is 14.8. The molecule has 0 unspecified atom stereocenters. The lowest BCUT2D eigenvalue weighted by Gasteiger charge is -2.13. The summed E-state index contributed by atoms with van der Waals surface area (Å²) in [5.74, 6) is -2.89. The summed E-state index contributed by atoms with van der Waals surface area (Å²) < 4.78 is 10.7. The van der Waals surface area contributed by atoms with Crippen LogP contribution in [0, 0.1) is 0 Å². The van der Waals surface area contributed by atoms with Crippen LogP contribution >= 0.6 is 0 Å². The lowest BCUT2D eigenvalue weighted by atomic mass is 10.1. The highest BCUT2D eigenvalue weighted by Gasteiger charge is 2.16. The third kappa shape index (κ3) is 10.00. The van der Waals surface area contributed by atoms with E-state index in [1.165, 1.54) is 0 Å². The van der Waals surface area contributed by atoms with Crippen LogP contribution in [0.5, 0.6) is 11.5 Å². The molecule has 1 amide bonds. The molecule has 0 aromatic heterocycles. The summed E-state index contributed by atoms with van der Waals surface area (Å²) in [7, 11) is 1.54. The average Bonchev–Trinajstić information content (AvgIpc) is 2.67. The Hall–Kier alpha value is -3.30. The van der Waals surface area contributed by atoms with Crippen molar-refractivity contribution in [1.82, 2.24) is 5.32 Å². The van der Waals surface area contributed by atoms with Crippen molar-refractivity contribution in [2.45, 2.75) is 26.7 Å². The molecule has 28 heavy (non-hydrogen) atoms. The van der Waals surface area contributed by atoms with Crippen molar-refractivity contribution in [3.63, 3.8) is 0 Å². The number of unbranched alkanes of at least 4 members (excludes halogenated alkanes) is 1. The first-order valence-electron chi connectivity index (χ1n) is 8.56. The quantitative estimate of drug-likeness (QED) is 0.234. The number of nitrogens with zero attached hydrogens (tertiary/aromatic N) is 1. The van der Waals surface area contributed by atoms with E-state index in [2.05, 4.69) is 17.4 Å². The Kier molecular flexibility index (Phi) is 13.1. The van der Waals surface area contributed by atoms with Gasteiger partial charge < -0.3 is 29.8 Å². The van der Waals surface area contributed by atoms with Gasteiger partial charge in [-0.15, -0.1) is 0 Å². The number of rotatable bonds is 10. The van der Waals surface area contributed by atoms with Gasteiger partial charge in [0.1, 0.15) is 6.61 Å². The molecule has 3 N–H and O–H groups in total. The van der Waals surface area contributed by atoms with E-state index in [0.29, 0.717) is 36.8 Å². The number of hydrogen-bond donors (Lipinski definition) is 3. The maximum absolute atomic E-state index is 12.2. The number of methoxy groups -OCH3 is 1. The first-order valence-corrected chi connectivity index (χ1v) is 8.56. The first-order chi connectivity index (χ1) is 13.4. The molecule has 0 atom stereocenters. The van der Waals surface area contributed by atoms with Crippen LogP contribution in [0.2, 0.25) is 0 Å². The zero-order valence-electron chi connectivity index (χ0n) is 16.1. The van der Waals surface area contributed by atoms with Gasteiger partial charge in [-0.05, 0) is 25.5 Å². The van der Waals surface area contributed by atoms with Gasteiger partial charge in [0.05, 0.1) is 25.8 Å². The Morgan fingerprint density at radius 2 is 1.86 bits per heavy atom. The zero-order valence-corrected chi connectivity index (χ0v) is 16.1. The van der Waals surface area contributed by atoms with E-state index in [-0.39, 0.29) is 5.91 Å². The molecule has 156 valence electrons. The highest BCUT2D eigenvalue weighted by Crippen LogP contribution is 2.30. The molecule has 10 heteroatoms. The molecule has 0 aliphatic heterocycles. The van der Waals surface area contributed by atoms with Crippen molar-refractivity contribution in [3.8, 4) is 11.5 Å². The molecule has 0 bridgehead atoms. The van der Waals surface area contributed by atoms with E-state index >= 15 is 0 Å². The third-order valence-corrected chi connectivity index (χ3v) is 2.96. The van der Waals surface area contributed by atoms with Crippen LogP contribution in [-0.4, -0.2) is 61.1 Å². The summed E-state index contributed by atoms with van der Waals surface area (Å²) in [6, 6.07) is 5.21. The normalized spacial score (nSPS) is 9.82. The zero-order chi connectivity index (χ0) is 21.4. The van der Waals surface area contributed by atoms with E-state index in [1.807, 2.05) is 6.92 Å². The average molecular weight is 398 g/mol. The monoisotopic (exact) mass is 398 g/mol. The fourth-order valence-corrected chi connectivity index (χ4v) is 1.74. The van der Waals surface area contributed by atoms with Crippen molar-refractivity contribution in [1.29, 1.82) is 0 Å². The third-order valence-electron chi connectivity index (χ3n) is 2.96. The highest BCUT2D eigenvalue weighted by molar-refractivity contribution is 6.27. The summed E-state index contributed by atoms with van der Waals surface area (Å²) in [4.78, 5) is 35.4. The molecule has 1 rings (SSSR count). The molecule has 0 radical (unpaired) electrons. The number of oxime groups is 1. The number of amides is 1. The number of hydrogen-bond acceptors (Lipinski definition) is 7. The van der Waals surface area contributed by atoms with Crippen LogP contribution in [0.15, 0.2) is 23.4 Å². The molecular weight excluding hydrogens is 372 g/mol. The van der Waals surface area contributed by atoms with Crippen molar-refractivity contribution >= 4 is 24.1 Å². The van der Waals surface area contributed by atoms with Gasteiger partial charge in [0.25, 0.3) is 5.91 Å². The van der Waals surface area contributed by atoms with E-state index in [0.717, 1.165) is 12.8 Å². The van der Waals surface area contributed by atoms with Gasteiger partial charge in [0.2, 0.25) is 0 Å². The lowest BCUT2D eigenvalue weighted by Crippen LogP contribution is -2.27. The smallest absolute Gasteiger partial charge is 0.414 e. The highest BCUT2D eigenvalue weighted by atomic mass is 16.6. The predicted octanol–water partition coefficient (Wildman–Crippen LogP) is 1.78. The standard InChI is InChI=1S/C16H24N2O4.C2H2O4/c1-4-6-10-18-22-12-11-17-16(19)13-8-7-9-14(20-3)15(13)21-5-2;3-1(4)2(5)6/h7-10H,4-6,11-12H2,1-3H3,(H,17,19);(H,3,4)(H,5,6)/b18-10-;. The molecule has 0 fully saturated rings. The summed E-state index contributed by atoms with van der Waals surface area (Å²) >= 11 is 0. The Labute approximate surface area is 163 Å². The molecule has 10 nitrogen and oxygen atoms in total. The van der Waals surface area contributed by atoms with E-state index < -0.39 is 11.9 Å².